The molecule has 1 aliphatic carbocycles. The van der Waals surface area contributed by atoms with Crippen molar-refractivity contribution in [1.82, 2.24) is 0 Å². The lowest BCUT2D eigenvalue weighted by Crippen LogP contribution is -2.14. The summed E-state index contributed by atoms with van der Waals surface area (Å²) in [5, 5.41) is 0. The number of thiophene rings is 2. The molecule has 3 aromatic rings. The fourth-order valence-electron chi connectivity index (χ4n) is 4.76. The van der Waals surface area contributed by atoms with E-state index in [-0.39, 0.29) is 0 Å². The maximum Gasteiger partial charge on any atom is 0.119 e. The van der Waals surface area contributed by atoms with Gasteiger partial charge in [-0.1, -0.05) is 58.8 Å². The molecule has 0 amide bonds. The van der Waals surface area contributed by atoms with Crippen molar-refractivity contribution in [2.24, 2.45) is 11.8 Å². The molecule has 1 saturated carbocycles. The van der Waals surface area contributed by atoms with Gasteiger partial charge < -0.3 is 4.74 Å². The SMILES string of the molecule is CCCCOc1ccc(-c2cc3sc(CC[C@H]4CC[C@H](CCC)CC4)cc3s2)cc1. The number of fused-ring (bicyclic) bond motifs is 1. The van der Waals surface area contributed by atoms with E-state index in [9.17, 15) is 0 Å². The summed E-state index contributed by atoms with van der Waals surface area (Å²) in [6.07, 6.45) is 13.6. The summed E-state index contributed by atoms with van der Waals surface area (Å²) < 4.78 is 8.71. The van der Waals surface area contributed by atoms with Gasteiger partial charge in [0.15, 0.2) is 0 Å². The zero-order chi connectivity index (χ0) is 20.8. The summed E-state index contributed by atoms with van der Waals surface area (Å²) >= 11 is 3.95. The first-order valence-corrected chi connectivity index (χ1v) is 13.6. The third kappa shape index (κ3) is 5.68. The summed E-state index contributed by atoms with van der Waals surface area (Å²) in [7, 11) is 0. The van der Waals surface area contributed by atoms with Crippen LogP contribution in [0, 0.1) is 11.8 Å². The molecule has 1 aromatic carbocycles. The van der Waals surface area contributed by atoms with Gasteiger partial charge in [0.25, 0.3) is 0 Å². The standard InChI is InChI=1S/C27H36OS2/c1-3-5-17-28-23-14-12-22(13-15-23)25-19-27-26(30-25)18-24(29-27)16-11-21-9-7-20(6-4-2)8-10-21/h12-15,18-21H,3-11,16-17H2,1-2H3/t20-,21-. The topological polar surface area (TPSA) is 9.23 Å². The van der Waals surface area contributed by atoms with Gasteiger partial charge >= 0.3 is 0 Å². The van der Waals surface area contributed by atoms with E-state index in [2.05, 4.69) is 50.2 Å². The van der Waals surface area contributed by atoms with Crippen LogP contribution in [0.2, 0.25) is 0 Å². The van der Waals surface area contributed by atoms with E-state index in [0.717, 1.165) is 30.6 Å². The Bertz CT molecular complexity index is 865. The number of rotatable bonds is 10. The van der Waals surface area contributed by atoms with E-state index in [1.807, 2.05) is 22.7 Å². The van der Waals surface area contributed by atoms with Gasteiger partial charge in [0.05, 0.1) is 6.61 Å². The van der Waals surface area contributed by atoms with Crippen molar-refractivity contribution in [3.8, 4) is 16.2 Å². The molecular weight excluding hydrogens is 404 g/mol. The molecule has 0 atom stereocenters. The van der Waals surface area contributed by atoms with Gasteiger partial charge in [0, 0.05) is 19.2 Å². The molecule has 0 radical (unpaired) electrons. The molecule has 1 nitrogen and oxygen atoms in total. The Morgan fingerprint density at radius 1 is 0.833 bits per heavy atom. The third-order valence-electron chi connectivity index (χ3n) is 6.63. The van der Waals surface area contributed by atoms with E-state index in [1.54, 1.807) is 4.88 Å². The highest BCUT2D eigenvalue weighted by Gasteiger charge is 2.20. The molecule has 1 fully saturated rings. The predicted molar refractivity (Wildman–Crippen MR) is 134 cm³/mol. The molecule has 0 aliphatic heterocycles. The Morgan fingerprint density at radius 2 is 1.53 bits per heavy atom. The second-order valence-electron chi connectivity index (χ2n) is 8.99. The van der Waals surface area contributed by atoms with Crippen molar-refractivity contribution >= 4 is 32.1 Å². The maximum atomic E-state index is 5.80. The summed E-state index contributed by atoms with van der Waals surface area (Å²) in [4.78, 5) is 2.95. The zero-order valence-corrected chi connectivity index (χ0v) is 20.3. The first kappa shape index (κ1) is 21.9. The van der Waals surface area contributed by atoms with Crippen molar-refractivity contribution in [2.45, 2.75) is 78.1 Å². The first-order chi connectivity index (χ1) is 14.7. The van der Waals surface area contributed by atoms with Crippen LogP contribution in [0.5, 0.6) is 5.75 Å². The van der Waals surface area contributed by atoms with Crippen molar-refractivity contribution in [3.63, 3.8) is 0 Å². The lowest BCUT2D eigenvalue weighted by molar-refractivity contribution is 0.252. The minimum absolute atomic E-state index is 0.813. The van der Waals surface area contributed by atoms with Gasteiger partial charge in [0.1, 0.15) is 5.75 Å². The Morgan fingerprint density at radius 3 is 2.20 bits per heavy atom. The number of benzene rings is 1. The van der Waals surface area contributed by atoms with Crippen LogP contribution in [0.15, 0.2) is 36.4 Å². The number of aryl methyl sites for hydroxylation is 1. The Labute approximate surface area is 190 Å². The van der Waals surface area contributed by atoms with Crippen LogP contribution >= 0.6 is 22.7 Å². The van der Waals surface area contributed by atoms with Gasteiger partial charge in [-0.25, -0.2) is 0 Å². The monoisotopic (exact) mass is 440 g/mol. The average Bonchev–Trinajstić information content (AvgIpc) is 3.33. The van der Waals surface area contributed by atoms with E-state index in [1.165, 1.54) is 77.6 Å². The van der Waals surface area contributed by atoms with Crippen LogP contribution in [0.1, 0.15) is 76.5 Å². The minimum atomic E-state index is 0.813. The van der Waals surface area contributed by atoms with Crippen molar-refractivity contribution < 1.29 is 4.74 Å². The third-order valence-corrected chi connectivity index (χ3v) is 9.03. The molecule has 3 heteroatoms. The number of hydrogen-bond acceptors (Lipinski definition) is 3. The molecular formula is C27H36OS2. The molecule has 0 spiro atoms. The largest absolute Gasteiger partial charge is 0.494 e. The normalized spacial score (nSPS) is 19.4. The fourth-order valence-corrected chi connectivity index (χ4v) is 7.21. The van der Waals surface area contributed by atoms with Crippen LogP contribution in [-0.2, 0) is 6.42 Å². The van der Waals surface area contributed by atoms with Gasteiger partial charge in [-0.15, -0.1) is 22.7 Å². The molecule has 30 heavy (non-hydrogen) atoms. The second-order valence-corrected chi connectivity index (χ2v) is 11.2. The molecule has 0 bridgehead atoms. The predicted octanol–water partition coefficient (Wildman–Crippen LogP) is 9.35. The van der Waals surface area contributed by atoms with Crippen molar-refractivity contribution in [1.29, 1.82) is 0 Å². The summed E-state index contributed by atoms with van der Waals surface area (Å²) in [6.45, 7) is 5.34. The highest BCUT2D eigenvalue weighted by Crippen LogP contribution is 2.40. The van der Waals surface area contributed by atoms with Crippen LogP contribution in [0.4, 0.5) is 0 Å². The van der Waals surface area contributed by atoms with Crippen LogP contribution in [-0.4, -0.2) is 6.61 Å². The molecule has 2 heterocycles. The smallest absolute Gasteiger partial charge is 0.119 e. The Hall–Kier alpha value is -1.32. The van der Waals surface area contributed by atoms with Crippen molar-refractivity contribution in [3.05, 3.63) is 41.3 Å². The summed E-state index contributed by atoms with van der Waals surface area (Å²) in [5.41, 5.74) is 1.30. The lowest BCUT2D eigenvalue weighted by atomic mass is 9.78. The van der Waals surface area contributed by atoms with Crippen LogP contribution in [0.3, 0.4) is 0 Å². The Balaban J connectivity index is 1.31. The van der Waals surface area contributed by atoms with E-state index in [0.29, 0.717) is 0 Å². The molecule has 0 unspecified atom stereocenters. The number of ether oxygens (including phenoxy) is 1. The highest BCUT2D eigenvalue weighted by atomic mass is 32.1. The minimum Gasteiger partial charge on any atom is -0.494 e. The zero-order valence-electron chi connectivity index (χ0n) is 18.6. The second kappa shape index (κ2) is 10.8. The maximum absolute atomic E-state index is 5.80. The van der Waals surface area contributed by atoms with Gasteiger partial charge in [-0.05, 0) is 73.1 Å². The molecule has 0 N–H and O–H groups in total. The summed E-state index contributed by atoms with van der Waals surface area (Å²) in [5.74, 6) is 2.97. The molecule has 2 aromatic heterocycles. The fraction of sp³-hybridized carbons (Fsp3) is 0.556. The number of hydrogen-bond donors (Lipinski definition) is 0. The highest BCUT2D eigenvalue weighted by molar-refractivity contribution is 7.29. The first-order valence-electron chi connectivity index (χ1n) is 12.0. The van der Waals surface area contributed by atoms with E-state index < -0.39 is 0 Å². The number of unbranched alkanes of at least 4 members (excludes halogenated alkanes) is 1. The summed E-state index contributed by atoms with van der Waals surface area (Å²) in [6, 6.07) is 13.5. The Kier molecular flexibility index (Phi) is 7.89. The van der Waals surface area contributed by atoms with Gasteiger partial charge in [-0.2, -0.15) is 0 Å². The van der Waals surface area contributed by atoms with E-state index in [4.69, 9.17) is 4.74 Å². The molecule has 0 saturated heterocycles. The lowest BCUT2D eigenvalue weighted by Gasteiger charge is -2.28. The van der Waals surface area contributed by atoms with E-state index >= 15 is 0 Å². The van der Waals surface area contributed by atoms with Crippen LogP contribution in [0.25, 0.3) is 19.8 Å². The van der Waals surface area contributed by atoms with Crippen LogP contribution < -0.4 is 4.74 Å². The molecule has 4 rings (SSSR count). The quantitative estimate of drug-likeness (QED) is 0.285. The van der Waals surface area contributed by atoms with Crippen molar-refractivity contribution in [2.75, 3.05) is 6.61 Å². The van der Waals surface area contributed by atoms with Gasteiger partial charge in [0.2, 0.25) is 0 Å². The average molecular weight is 441 g/mol. The molecule has 1 aliphatic rings. The van der Waals surface area contributed by atoms with Gasteiger partial charge in [-0.3, -0.25) is 0 Å². The molecule has 162 valence electrons.